The molecule has 0 saturated carbocycles. The van der Waals surface area contributed by atoms with E-state index in [4.69, 9.17) is 54.8 Å². The molecule has 29 nitrogen and oxygen atoms in total. The van der Waals surface area contributed by atoms with Crippen LogP contribution in [0.1, 0.15) is 0 Å². The lowest BCUT2D eigenvalue weighted by Gasteiger charge is -2.10. The Morgan fingerprint density at radius 2 is 0.579 bits per heavy atom. The molecule has 0 aromatic heterocycles. The summed E-state index contributed by atoms with van der Waals surface area (Å²) in [6, 6.07) is 17.6. The summed E-state index contributed by atoms with van der Waals surface area (Å²) in [5.74, 6) is -1.71. The number of rotatable bonds is 7. The lowest BCUT2D eigenvalue weighted by Crippen LogP contribution is -2.03. The molecule has 0 radical (unpaired) electrons. The maximum absolute atomic E-state index is 11.3. The molecule has 0 unspecified atom stereocenters. The Labute approximate surface area is 428 Å². The zero-order valence-corrected chi connectivity index (χ0v) is 42.8. The average Bonchev–Trinajstić information content (AvgIpc) is 3.24. The van der Waals surface area contributed by atoms with Gasteiger partial charge in [0.1, 0.15) is 37.7 Å². The summed E-state index contributed by atoms with van der Waals surface area (Å²) < 4.78 is 219. The molecule has 8 aromatic rings. The quantitative estimate of drug-likeness (QED) is 0.0804. The smallest absolute Gasteiger partial charge is 0.295 e. The normalized spacial score (nSPS) is 12.5. The third-order valence-corrected chi connectivity index (χ3v) is 16.2. The molecule has 0 aliphatic heterocycles. The van der Waals surface area contributed by atoms with E-state index in [1.54, 1.807) is 0 Å². The van der Waals surface area contributed by atoms with Crippen molar-refractivity contribution in [2.45, 2.75) is 34.3 Å². The number of phenolic OH excluding ortho intramolecular Hbond substituents is 4. The van der Waals surface area contributed by atoms with Crippen LogP contribution < -0.4 is 22.9 Å². The second-order valence-electron chi connectivity index (χ2n) is 15.3. The van der Waals surface area contributed by atoms with Crippen molar-refractivity contribution in [1.29, 1.82) is 0 Å². The van der Waals surface area contributed by atoms with Gasteiger partial charge in [-0.2, -0.15) is 58.9 Å². The highest BCUT2D eigenvalue weighted by atomic mass is 32.2. The second-order valence-corrected chi connectivity index (χ2v) is 25.1. The number of hydrogen-bond donors (Lipinski definition) is 15. The Morgan fingerprint density at radius 3 is 0.987 bits per heavy atom. The topological polar surface area (TPSA) is 566 Å². The van der Waals surface area contributed by atoms with Gasteiger partial charge in [0.15, 0.2) is 0 Å². The Balaban J connectivity index is 0.000000188. The molecule has 0 heterocycles. The number of fused-ring (bicyclic) bond motifs is 4. The maximum Gasteiger partial charge on any atom is 0.295 e. The zero-order chi connectivity index (χ0) is 57.8. The SMILES string of the molecule is Nc1cc(S(=O)(=O)O)cc2c(S(=O)(=O)O)ccc(O)c12.Nc1cc(S(=O)(=O)O)cc2cc(S(=O)(=O)O)cc(O)c12.Nc1ccc(S(=O)(=O)O)c2cc(S(=O)(=O)O)cc(O)c12.Nc1ccc(S(=O)(=O)O)c2cccc(O)c12. The first kappa shape index (κ1) is 59.4. The second kappa shape index (κ2) is 20.6. The number of aromatic hydroxyl groups is 4. The van der Waals surface area contributed by atoms with E-state index in [9.17, 15) is 79.4 Å². The van der Waals surface area contributed by atoms with Crippen molar-refractivity contribution in [3.8, 4) is 23.0 Å². The molecule has 0 fully saturated rings. The van der Waals surface area contributed by atoms with Gasteiger partial charge in [0.25, 0.3) is 70.8 Å². The fourth-order valence-corrected chi connectivity index (χ4v) is 11.2. The number of hydrogen-bond acceptors (Lipinski definition) is 22. The molecular formula is C40H36N4O25S7. The van der Waals surface area contributed by atoms with Gasteiger partial charge in [-0.3, -0.25) is 31.9 Å². The predicted molar refractivity (Wildman–Crippen MR) is 269 cm³/mol. The van der Waals surface area contributed by atoms with E-state index in [0.29, 0.717) is 0 Å². The van der Waals surface area contributed by atoms with E-state index in [1.165, 1.54) is 30.3 Å². The largest absolute Gasteiger partial charge is 0.507 e. The third-order valence-electron chi connectivity index (χ3n) is 10.2. The van der Waals surface area contributed by atoms with Gasteiger partial charge in [0.05, 0.1) is 19.6 Å². The Bertz CT molecular complexity index is 4340. The summed E-state index contributed by atoms with van der Waals surface area (Å²) in [7, 11) is -32.1. The van der Waals surface area contributed by atoms with Gasteiger partial charge in [0.2, 0.25) is 0 Å². The molecule has 0 spiro atoms. The van der Waals surface area contributed by atoms with Gasteiger partial charge in [0, 0.05) is 72.6 Å². The van der Waals surface area contributed by atoms with Gasteiger partial charge in [-0.05, 0) is 84.2 Å². The van der Waals surface area contributed by atoms with Crippen LogP contribution in [0.3, 0.4) is 0 Å². The van der Waals surface area contributed by atoms with E-state index in [0.717, 1.165) is 72.8 Å². The van der Waals surface area contributed by atoms with Crippen LogP contribution in [0.5, 0.6) is 23.0 Å². The van der Waals surface area contributed by atoms with Crippen LogP contribution in [0.25, 0.3) is 43.1 Å². The number of nitrogen functional groups attached to an aromatic ring is 4. The minimum Gasteiger partial charge on any atom is -0.507 e. The lowest BCUT2D eigenvalue weighted by molar-refractivity contribution is 0.470. The van der Waals surface area contributed by atoms with Gasteiger partial charge in [-0.25, -0.2) is 0 Å². The van der Waals surface area contributed by atoms with E-state index >= 15 is 0 Å². The maximum atomic E-state index is 11.3. The molecule has 76 heavy (non-hydrogen) atoms. The summed E-state index contributed by atoms with van der Waals surface area (Å²) in [5.41, 5.74) is 22.1. The summed E-state index contributed by atoms with van der Waals surface area (Å²) in [6.45, 7) is 0. The Morgan fingerprint density at radius 1 is 0.276 bits per heavy atom. The van der Waals surface area contributed by atoms with E-state index in [2.05, 4.69) is 0 Å². The van der Waals surface area contributed by atoms with Gasteiger partial charge in [-0.1, -0.05) is 12.1 Å². The summed E-state index contributed by atoms with van der Waals surface area (Å²) in [6.07, 6.45) is 0. The monoisotopic (exact) mass is 1200 g/mol. The fourth-order valence-electron chi connectivity index (χ4n) is 7.01. The minimum absolute atomic E-state index is 0.00444. The highest BCUT2D eigenvalue weighted by Crippen LogP contribution is 2.39. The first-order chi connectivity index (χ1) is 34.4. The van der Waals surface area contributed by atoms with Gasteiger partial charge >= 0.3 is 0 Å². The van der Waals surface area contributed by atoms with Crippen molar-refractivity contribution in [3.05, 3.63) is 103 Å². The molecule has 0 aliphatic rings. The van der Waals surface area contributed by atoms with Crippen molar-refractivity contribution >= 4 is 137 Å². The first-order valence-electron chi connectivity index (χ1n) is 19.4. The summed E-state index contributed by atoms with van der Waals surface area (Å²) in [4.78, 5) is -4.11. The van der Waals surface area contributed by atoms with E-state index in [1.807, 2.05) is 0 Å². The van der Waals surface area contributed by atoms with E-state index in [-0.39, 0.29) is 76.5 Å². The molecule has 8 rings (SSSR count). The molecule has 19 N–H and O–H groups in total. The minimum atomic E-state index is -4.67. The fraction of sp³-hybridized carbons (Fsp3) is 0. The molecule has 0 amide bonds. The van der Waals surface area contributed by atoms with Crippen molar-refractivity contribution in [2.24, 2.45) is 0 Å². The molecule has 0 atom stereocenters. The van der Waals surface area contributed by atoms with Crippen LogP contribution in [0.2, 0.25) is 0 Å². The number of anilines is 4. The lowest BCUT2D eigenvalue weighted by atomic mass is 10.1. The number of benzene rings is 8. The number of phenols is 4. The molecular weight excluding hydrogens is 1160 g/mol. The first-order valence-corrected chi connectivity index (χ1v) is 29.5. The van der Waals surface area contributed by atoms with Crippen LogP contribution in [0, 0.1) is 0 Å². The summed E-state index contributed by atoms with van der Waals surface area (Å²) >= 11 is 0. The van der Waals surface area contributed by atoms with Crippen molar-refractivity contribution < 1.29 is 111 Å². The van der Waals surface area contributed by atoms with Crippen LogP contribution in [-0.4, -0.2) is 111 Å². The van der Waals surface area contributed by atoms with Crippen LogP contribution in [0.4, 0.5) is 22.7 Å². The molecule has 408 valence electrons. The molecule has 36 heteroatoms. The zero-order valence-electron chi connectivity index (χ0n) is 37.1. The average molecular weight is 1200 g/mol. The van der Waals surface area contributed by atoms with Crippen LogP contribution in [-0.2, 0) is 70.8 Å². The summed E-state index contributed by atoms with van der Waals surface area (Å²) in [5, 5.41) is 38.2. The molecule has 8 aromatic carbocycles. The van der Waals surface area contributed by atoms with Crippen molar-refractivity contribution in [2.75, 3.05) is 22.9 Å². The van der Waals surface area contributed by atoms with Crippen molar-refractivity contribution in [1.82, 2.24) is 0 Å². The van der Waals surface area contributed by atoms with Crippen molar-refractivity contribution in [3.63, 3.8) is 0 Å². The van der Waals surface area contributed by atoms with Crippen LogP contribution >= 0.6 is 0 Å². The molecule has 0 bridgehead atoms. The highest BCUT2D eigenvalue weighted by molar-refractivity contribution is 7.87. The standard InChI is InChI=1S/3C10H9NO7S2.C10H9NO4S/c11-8-3-6(19(13,14)15)1-5-2-7(20(16,17)18)4-9(12)10(5)8;11-7-4-5(19(13,14)15)3-6-9(20(16,17)18)2-1-8(12)10(6)7;11-7-1-2-9(20(16,17)18)6-3-5(19(13,14)15)4-8(12)10(6)7;11-7-4-5-9(16(13,14)15)6-2-1-3-8(12)10(6)7/h3*1-4,12H,11H2,(H,13,14,15)(H,16,17,18);1-5,12H,11H2,(H,13,14,15). The van der Waals surface area contributed by atoms with Gasteiger partial charge < -0.3 is 43.4 Å². The van der Waals surface area contributed by atoms with Crippen LogP contribution in [0.15, 0.2) is 137 Å². The molecule has 0 aliphatic carbocycles. The third kappa shape index (κ3) is 13.1. The van der Waals surface area contributed by atoms with E-state index < -0.39 is 117 Å². The Kier molecular flexibility index (Phi) is 16.1. The molecule has 0 saturated heterocycles. The van der Waals surface area contributed by atoms with Gasteiger partial charge in [-0.15, -0.1) is 0 Å². The predicted octanol–water partition coefficient (Wildman–Crippen LogP) is 3.24. The Hall–Kier alpha value is -7.43. The highest BCUT2D eigenvalue weighted by Gasteiger charge is 2.24. The number of nitrogens with two attached hydrogens (primary N) is 4.